The minimum atomic E-state index is -0.501. The largest absolute Gasteiger partial charge is 0.494 e. The maximum atomic E-state index is 12.0. The lowest BCUT2D eigenvalue weighted by atomic mass is 10.0. The van der Waals surface area contributed by atoms with Crippen LogP contribution >= 0.6 is 11.6 Å². The number of methoxy groups -OCH3 is 1. The maximum absolute atomic E-state index is 12.0. The van der Waals surface area contributed by atoms with E-state index in [-0.39, 0.29) is 24.0 Å². The molecule has 3 heterocycles. The first-order valence-corrected chi connectivity index (χ1v) is 13.5. The minimum Gasteiger partial charge on any atom is -0.494 e. The van der Waals surface area contributed by atoms with Crippen molar-refractivity contribution in [3.8, 4) is 22.8 Å². The Hall–Kier alpha value is -3.93. The van der Waals surface area contributed by atoms with Crippen molar-refractivity contribution in [3.05, 3.63) is 63.4 Å². The van der Waals surface area contributed by atoms with Crippen molar-refractivity contribution < 1.29 is 19.1 Å². The van der Waals surface area contributed by atoms with Crippen LogP contribution in [0.25, 0.3) is 22.2 Å². The minimum absolute atomic E-state index is 0.0687. The van der Waals surface area contributed by atoms with Crippen molar-refractivity contribution in [2.24, 2.45) is 0 Å². The van der Waals surface area contributed by atoms with Crippen LogP contribution in [0, 0.1) is 10.1 Å². The second-order valence-electron chi connectivity index (χ2n) is 9.40. The third-order valence-electron chi connectivity index (χ3n) is 6.78. The molecule has 210 valence electrons. The molecular weight excluding hydrogens is 536 g/mol. The van der Waals surface area contributed by atoms with E-state index in [2.05, 4.69) is 38.5 Å². The van der Waals surface area contributed by atoms with E-state index in [0.717, 1.165) is 30.3 Å². The number of likely N-dealkylation sites (N-methyl/N-ethyl adjacent to an activating group) is 1. The lowest BCUT2D eigenvalue weighted by molar-refractivity contribution is -0.386. The summed E-state index contributed by atoms with van der Waals surface area (Å²) in [6.45, 7) is 4.02. The number of hydrogen-bond donors (Lipinski definition) is 2. The molecule has 0 aliphatic carbocycles. The molecule has 40 heavy (non-hydrogen) atoms. The monoisotopic (exact) mass is 566 g/mol. The average molecular weight is 567 g/mol. The quantitative estimate of drug-likeness (QED) is 0.172. The summed E-state index contributed by atoms with van der Waals surface area (Å²) in [5.41, 5.74) is 4.05. The van der Waals surface area contributed by atoms with Gasteiger partial charge in [-0.05, 0) is 32.4 Å². The van der Waals surface area contributed by atoms with Crippen LogP contribution in [0.4, 0.5) is 17.3 Å². The van der Waals surface area contributed by atoms with E-state index in [1.165, 1.54) is 36.5 Å². The Labute approximate surface area is 236 Å². The van der Waals surface area contributed by atoms with Crippen LogP contribution in [0.15, 0.2) is 42.7 Å². The predicted molar refractivity (Wildman–Crippen MR) is 154 cm³/mol. The van der Waals surface area contributed by atoms with Gasteiger partial charge in [0, 0.05) is 49.0 Å². The molecule has 12 heteroatoms. The molecule has 0 bridgehead atoms. The summed E-state index contributed by atoms with van der Waals surface area (Å²) in [5.74, 6) is 0.614. The summed E-state index contributed by atoms with van der Waals surface area (Å²) in [4.78, 5) is 20.6. The molecular formula is C28H31ClN6O5. The summed E-state index contributed by atoms with van der Waals surface area (Å²) in [5, 5.41) is 19.6. The molecule has 0 saturated carbocycles. The molecule has 4 aromatic rings. The van der Waals surface area contributed by atoms with Crippen molar-refractivity contribution in [3.63, 3.8) is 0 Å². The number of hydrogen-bond acceptors (Lipinski definition) is 9. The van der Waals surface area contributed by atoms with Gasteiger partial charge in [0.15, 0.2) is 0 Å². The fraction of sp³-hybridized carbons (Fsp3) is 0.357. The van der Waals surface area contributed by atoms with Crippen LogP contribution in [0.2, 0.25) is 5.02 Å². The molecule has 2 aromatic carbocycles. The van der Waals surface area contributed by atoms with Crippen molar-refractivity contribution in [2.45, 2.75) is 32.4 Å². The van der Waals surface area contributed by atoms with Gasteiger partial charge in [0.2, 0.25) is 11.7 Å². The van der Waals surface area contributed by atoms with Crippen LogP contribution in [0.3, 0.4) is 0 Å². The van der Waals surface area contributed by atoms with Gasteiger partial charge in [-0.3, -0.25) is 10.1 Å². The van der Waals surface area contributed by atoms with Gasteiger partial charge >= 0.3 is 5.69 Å². The number of para-hydroxylation sites is 1. The maximum Gasteiger partial charge on any atom is 0.313 e. The highest BCUT2D eigenvalue weighted by Gasteiger charge is 2.25. The highest BCUT2D eigenvalue weighted by Crippen LogP contribution is 2.41. The van der Waals surface area contributed by atoms with Gasteiger partial charge in [0.1, 0.15) is 11.9 Å². The number of aromatic nitrogens is 3. The Kier molecular flexibility index (Phi) is 8.34. The molecule has 0 amide bonds. The summed E-state index contributed by atoms with van der Waals surface area (Å²) in [6.07, 6.45) is 5.27. The third kappa shape index (κ3) is 5.53. The number of nitro groups is 1. The predicted octanol–water partition coefficient (Wildman–Crippen LogP) is 5.36. The zero-order valence-corrected chi connectivity index (χ0v) is 23.3. The number of aryl methyl sites for hydroxylation is 2. The molecule has 5 rings (SSSR count). The molecule has 2 aromatic heterocycles. The van der Waals surface area contributed by atoms with E-state index < -0.39 is 11.0 Å². The van der Waals surface area contributed by atoms with Gasteiger partial charge in [-0.1, -0.05) is 29.8 Å². The Morgan fingerprint density at radius 1 is 1.27 bits per heavy atom. The molecule has 0 spiro atoms. The molecule has 1 aliphatic rings. The SMILES string of the molecule is CCOCC(CNC)Oc1cc(OC)c(Nc2ncc(Cl)c(-c3cn4c5c(cccc35)CCC4)n2)cc1[N+](=O)[O-]. The van der Waals surface area contributed by atoms with Crippen molar-refractivity contribution in [1.82, 2.24) is 19.9 Å². The van der Waals surface area contributed by atoms with Gasteiger partial charge in [-0.2, -0.15) is 0 Å². The normalized spacial score (nSPS) is 13.3. The zero-order chi connectivity index (χ0) is 28.2. The Balaban J connectivity index is 1.50. The number of anilines is 2. The number of benzene rings is 2. The summed E-state index contributed by atoms with van der Waals surface area (Å²) in [6, 6.07) is 9.11. The number of halogens is 1. The molecule has 0 fully saturated rings. The summed E-state index contributed by atoms with van der Waals surface area (Å²) >= 11 is 6.59. The first-order valence-electron chi connectivity index (χ1n) is 13.1. The first-order chi connectivity index (χ1) is 19.4. The fourth-order valence-electron chi connectivity index (χ4n) is 5.03. The lowest BCUT2D eigenvalue weighted by Gasteiger charge is -2.20. The summed E-state index contributed by atoms with van der Waals surface area (Å²) in [7, 11) is 3.25. The van der Waals surface area contributed by atoms with Gasteiger partial charge in [0.05, 0.1) is 46.8 Å². The zero-order valence-electron chi connectivity index (χ0n) is 22.6. The van der Waals surface area contributed by atoms with E-state index in [4.69, 9.17) is 30.8 Å². The molecule has 11 nitrogen and oxygen atoms in total. The van der Waals surface area contributed by atoms with Gasteiger partial charge in [-0.15, -0.1) is 0 Å². The number of nitro benzene ring substituents is 1. The Morgan fingerprint density at radius 2 is 2.12 bits per heavy atom. The number of ether oxygens (including phenoxy) is 3. The lowest BCUT2D eigenvalue weighted by Crippen LogP contribution is -2.33. The van der Waals surface area contributed by atoms with Crippen LogP contribution in [0.5, 0.6) is 11.5 Å². The highest BCUT2D eigenvalue weighted by molar-refractivity contribution is 6.33. The standard InChI is InChI=1S/C28H31ClN6O5/c1-4-39-16-18(13-30-2)40-25-12-24(38-3)22(11-23(25)35(36)37)32-28-31-14-21(29)26(33-28)20-15-34-10-6-8-17-7-5-9-19(20)27(17)34/h5,7,9,11-12,14-15,18,30H,4,6,8,10,13,16H2,1-3H3,(H,31,32,33). The van der Waals surface area contributed by atoms with Crippen molar-refractivity contribution in [1.29, 1.82) is 0 Å². The van der Waals surface area contributed by atoms with E-state index in [1.54, 1.807) is 7.05 Å². The van der Waals surface area contributed by atoms with Gasteiger partial charge < -0.3 is 29.4 Å². The van der Waals surface area contributed by atoms with E-state index in [1.807, 2.05) is 13.0 Å². The molecule has 0 saturated heterocycles. The summed E-state index contributed by atoms with van der Waals surface area (Å²) < 4.78 is 19.2. The molecule has 1 atom stereocenters. The first kappa shape index (κ1) is 27.6. The van der Waals surface area contributed by atoms with Crippen LogP contribution in [0.1, 0.15) is 18.9 Å². The second-order valence-corrected chi connectivity index (χ2v) is 9.81. The van der Waals surface area contributed by atoms with Crippen LogP contribution in [-0.2, 0) is 17.7 Å². The molecule has 1 aliphatic heterocycles. The average Bonchev–Trinajstić information content (AvgIpc) is 3.33. The topological polar surface area (TPSA) is 126 Å². The third-order valence-corrected chi connectivity index (χ3v) is 7.06. The van der Waals surface area contributed by atoms with E-state index in [9.17, 15) is 10.1 Å². The van der Waals surface area contributed by atoms with Crippen molar-refractivity contribution >= 4 is 39.8 Å². The molecule has 2 N–H and O–H groups in total. The van der Waals surface area contributed by atoms with Crippen LogP contribution < -0.4 is 20.1 Å². The molecule has 0 radical (unpaired) electrons. The van der Waals surface area contributed by atoms with E-state index in [0.29, 0.717) is 35.3 Å². The smallest absolute Gasteiger partial charge is 0.313 e. The highest BCUT2D eigenvalue weighted by atomic mass is 35.5. The fourth-order valence-corrected chi connectivity index (χ4v) is 5.22. The number of nitrogens with zero attached hydrogens (tertiary/aromatic N) is 4. The number of nitrogens with one attached hydrogen (secondary N) is 2. The van der Waals surface area contributed by atoms with E-state index >= 15 is 0 Å². The number of rotatable bonds is 12. The van der Waals surface area contributed by atoms with Crippen LogP contribution in [-0.4, -0.2) is 59.5 Å². The van der Waals surface area contributed by atoms with Gasteiger partial charge in [-0.25, -0.2) is 9.97 Å². The Morgan fingerprint density at radius 3 is 2.88 bits per heavy atom. The van der Waals surface area contributed by atoms with Gasteiger partial charge in [0.25, 0.3) is 0 Å². The Bertz CT molecular complexity index is 1540. The molecule has 1 unspecified atom stereocenters. The second kappa shape index (κ2) is 12.1. The van der Waals surface area contributed by atoms with Crippen molar-refractivity contribution in [2.75, 3.05) is 39.2 Å².